The van der Waals surface area contributed by atoms with Crippen LogP contribution < -0.4 is 0 Å². The number of carbonyl (C=O) groups excluding carboxylic acids is 1. The van der Waals surface area contributed by atoms with Gasteiger partial charge in [0.05, 0.1) is 5.56 Å². The average Bonchev–Trinajstić information content (AvgIpc) is 3.05. The highest BCUT2D eigenvalue weighted by Gasteiger charge is 2.31. The van der Waals surface area contributed by atoms with Crippen LogP contribution in [0, 0.1) is 11.6 Å². The van der Waals surface area contributed by atoms with Crippen molar-refractivity contribution < 1.29 is 13.6 Å². The highest BCUT2D eigenvalue weighted by Crippen LogP contribution is 2.28. The summed E-state index contributed by atoms with van der Waals surface area (Å²) in [6, 6.07) is 2.48. The van der Waals surface area contributed by atoms with Gasteiger partial charge in [0.25, 0.3) is 5.91 Å². The Kier molecular flexibility index (Phi) is 2.97. The van der Waals surface area contributed by atoms with Crippen LogP contribution in [0.5, 0.6) is 0 Å². The fraction of sp³-hybridized carbons (Fsp3) is 0.364. The highest BCUT2D eigenvalue weighted by molar-refractivity contribution is 9.10. The summed E-state index contributed by atoms with van der Waals surface area (Å²) in [5.74, 6) is -2.57. The first kappa shape index (κ1) is 11.5. The summed E-state index contributed by atoms with van der Waals surface area (Å²) < 4.78 is 26.9. The van der Waals surface area contributed by atoms with E-state index in [-0.39, 0.29) is 11.6 Å². The quantitative estimate of drug-likeness (QED) is 0.767. The molecule has 1 amide bonds. The largest absolute Gasteiger partial charge is 0.339 e. The van der Waals surface area contributed by atoms with Gasteiger partial charge in [0.1, 0.15) is 0 Å². The Hall–Kier alpha value is -0.970. The molecule has 1 fully saturated rings. The summed E-state index contributed by atoms with van der Waals surface area (Å²) in [7, 11) is 1.61. The Balaban J connectivity index is 2.35. The van der Waals surface area contributed by atoms with Crippen molar-refractivity contribution in [2.45, 2.75) is 18.9 Å². The molecule has 1 aliphatic carbocycles. The van der Waals surface area contributed by atoms with Crippen LogP contribution in [-0.4, -0.2) is 23.9 Å². The number of benzene rings is 1. The summed E-state index contributed by atoms with van der Waals surface area (Å²) in [6.45, 7) is 0. The van der Waals surface area contributed by atoms with Crippen molar-refractivity contribution in [2.24, 2.45) is 0 Å². The maximum atomic E-state index is 13.4. The van der Waals surface area contributed by atoms with E-state index in [0.717, 1.165) is 18.9 Å². The van der Waals surface area contributed by atoms with Crippen LogP contribution in [0.2, 0.25) is 0 Å². The molecule has 0 saturated heterocycles. The van der Waals surface area contributed by atoms with Crippen LogP contribution in [0.3, 0.4) is 0 Å². The van der Waals surface area contributed by atoms with Gasteiger partial charge in [-0.1, -0.05) is 15.9 Å². The zero-order valence-corrected chi connectivity index (χ0v) is 10.2. The summed E-state index contributed by atoms with van der Waals surface area (Å²) in [6.07, 6.45) is 1.86. The molecule has 2 rings (SSSR count). The van der Waals surface area contributed by atoms with E-state index >= 15 is 0 Å². The van der Waals surface area contributed by atoms with E-state index in [1.807, 2.05) is 0 Å². The van der Waals surface area contributed by atoms with Gasteiger partial charge in [-0.05, 0) is 25.0 Å². The Morgan fingerprint density at radius 3 is 2.62 bits per heavy atom. The number of hydrogen-bond donors (Lipinski definition) is 0. The topological polar surface area (TPSA) is 20.3 Å². The number of amides is 1. The molecule has 0 atom stereocenters. The third kappa shape index (κ3) is 2.09. The SMILES string of the molecule is CN(C(=O)c1cc(Br)cc(F)c1F)C1CC1. The molecule has 1 aromatic rings. The Bertz CT molecular complexity index is 446. The van der Waals surface area contributed by atoms with E-state index in [4.69, 9.17) is 0 Å². The van der Waals surface area contributed by atoms with E-state index in [1.165, 1.54) is 11.0 Å². The molecule has 1 aliphatic rings. The van der Waals surface area contributed by atoms with Crippen LogP contribution in [0.25, 0.3) is 0 Å². The van der Waals surface area contributed by atoms with Crippen molar-refractivity contribution >= 4 is 21.8 Å². The Morgan fingerprint density at radius 2 is 2.06 bits per heavy atom. The lowest BCUT2D eigenvalue weighted by Crippen LogP contribution is -2.29. The third-order valence-corrected chi connectivity index (χ3v) is 3.10. The van der Waals surface area contributed by atoms with Gasteiger partial charge in [-0.3, -0.25) is 4.79 Å². The van der Waals surface area contributed by atoms with Crippen LogP contribution in [0.1, 0.15) is 23.2 Å². The molecule has 0 bridgehead atoms. The first-order chi connectivity index (χ1) is 7.50. The van der Waals surface area contributed by atoms with Gasteiger partial charge < -0.3 is 4.90 Å². The molecular weight excluding hydrogens is 280 g/mol. The van der Waals surface area contributed by atoms with Crippen LogP contribution in [0.4, 0.5) is 8.78 Å². The molecule has 0 aromatic heterocycles. The van der Waals surface area contributed by atoms with E-state index < -0.39 is 17.5 Å². The van der Waals surface area contributed by atoms with Crippen molar-refractivity contribution in [3.63, 3.8) is 0 Å². The predicted molar refractivity (Wildman–Crippen MR) is 59.2 cm³/mol. The van der Waals surface area contributed by atoms with Gasteiger partial charge in [-0.25, -0.2) is 8.78 Å². The summed E-state index contributed by atoms with van der Waals surface area (Å²) in [5, 5.41) is 0. The number of halogens is 3. The van der Waals surface area contributed by atoms with Crippen LogP contribution in [-0.2, 0) is 0 Å². The first-order valence-corrected chi connectivity index (χ1v) is 5.71. The van der Waals surface area contributed by atoms with Gasteiger partial charge in [-0.15, -0.1) is 0 Å². The highest BCUT2D eigenvalue weighted by atomic mass is 79.9. The number of rotatable bonds is 2. The van der Waals surface area contributed by atoms with Gasteiger partial charge in [-0.2, -0.15) is 0 Å². The second-order valence-corrected chi connectivity index (χ2v) is 4.81. The lowest BCUT2D eigenvalue weighted by Gasteiger charge is -2.16. The fourth-order valence-electron chi connectivity index (χ4n) is 1.53. The minimum atomic E-state index is -1.08. The molecule has 16 heavy (non-hydrogen) atoms. The summed E-state index contributed by atoms with van der Waals surface area (Å²) in [5.41, 5.74) is -0.221. The van der Waals surface area contributed by atoms with Gasteiger partial charge >= 0.3 is 0 Å². The number of carbonyl (C=O) groups is 1. The molecule has 86 valence electrons. The van der Waals surface area contributed by atoms with Gasteiger partial charge in [0.15, 0.2) is 11.6 Å². The van der Waals surface area contributed by atoms with Crippen molar-refractivity contribution in [3.05, 3.63) is 33.8 Å². The lowest BCUT2D eigenvalue weighted by atomic mass is 10.2. The Morgan fingerprint density at radius 1 is 1.44 bits per heavy atom. The van der Waals surface area contributed by atoms with E-state index in [2.05, 4.69) is 15.9 Å². The predicted octanol–water partition coefficient (Wildman–Crippen LogP) is 2.96. The number of nitrogens with zero attached hydrogens (tertiary/aromatic N) is 1. The van der Waals surface area contributed by atoms with Crippen LogP contribution in [0.15, 0.2) is 16.6 Å². The van der Waals surface area contributed by atoms with Crippen molar-refractivity contribution in [3.8, 4) is 0 Å². The second-order valence-electron chi connectivity index (χ2n) is 3.90. The smallest absolute Gasteiger partial charge is 0.256 e. The maximum Gasteiger partial charge on any atom is 0.256 e. The van der Waals surface area contributed by atoms with Crippen molar-refractivity contribution in [2.75, 3.05) is 7.05 Å². The van der Waals surface area contributed by atoms with E-state index in [0.29, 0.717) is 4.47 Å². The first-order valence-electron chi connectivity index (χ1n) is 4.92. The molecule has 0 radical (unpaired) electrons. The molecule has 0 spiro atoms. The molecule has 2 nitrogen and oxygen atoms in total. The molecular formula is C11H10BrF2NO. The van der Waals surface area contributed by atoms with Crippen LogP contribution >= 0.6 is 15.9 Å². The number of hydrogen-bond acceptors (Lipinski definition) is 1. The van der Waals surface area contributed by atoms with Crippen molar-refractivity contribution in [1.29, 1.82) is 0 Å². The van der Waals surface area contributed by atoms with E-state index in [9.17, 15) is 13.6 Å². The molecule has 1 aromatic carbocycles. The summed E-state index contributed by atoms with van der Waals surface area (Å²) in [4.78, 5) is 13.3. The average molecular weight is 290 g/mol. The molecule has 1 saturated carbocycles. The fourth-order valence-corrected chi connectivity index (χ4v) is 1.96. The second kappa shape index (κ2) is 4.13. The Labute approximate surface area is 100 Å². The zero-order valence-electron chi connectivity index (χ0n) is 8.64. The summed E-state index contributed by atoms with van der Waals surface area (Å²) >= 11 is 3.04. The van der Waals surface area contributed by atoms with E-state index in [1.54, 1.807) is 7.05 Å². The maximum absolute atomic E-state index is 13.4. The van der Waals surface area contributed by atoms with Crippen molar-refractivity contribution in [1.82, 2.24) is 4.90 Å². The van der Waals surface area contributed by atoms with Gasteiger partial charge in [0, 0.05) is 17.6 Å². The van der Waals surface area contributed by atoms with Gasteiger partial charge in [0.2, 0.25) is 0 Å². The minimum absolute atomic E-state index is 0.175. The molecule has 0 unspecified atom stereocenters. The standard InChI is InChI=1S/C11H10BrF2NO/c1-15(7-2-3-7)11(16)8-4-6(12)5-9(13)10(8)14/h4-5,7H,2-3H2,1H3. The molecule has 0 N–H and O–H groups in total. The minimum Gasteiger partial charge on any atom is -0.339 e. The zero-order chi connectivity index (χ0) is 11.9. The molecule has 0 heterocycles. The molecule has 5 heteroatoms. The monoisotopic (exact) mass is 289 g/mol. The normalized spacial score (nSPS) is 15.0. The molecule has 0 aliphatic heterocycles. The lowest BCUT2D eigenvalue weighted by molar-refractivity contribution is 0.0779. The third-order valence-electron chi connectivity index (χ3n) is 2.64.